The monoisotopic (exact) mass is 692 g/mol. The maximum Gasteiger partial charge on any atom is 0.335 e. The summed E-state index contributed by atoms with van der Waals surface area (Å²) in [6, 6.07) is 23.8. The molecule has 1 heterocycles. The van der Waals surface area contributed by atoms with Crippen molar-refractivity contribution in [1.82, 2.24) is 4.90 Å². The topological polar surface area (TPSA) is 105 Å². The van der Waals surface area contributed by atoms with Crippen LogP contribution < -0.4 is 15.5 Å². The molecule has 3 aliphatic rings. The van der Waals surface area contributed by atoms with E-state index in [1.165, 1.54) is 17.6 Å². The Morgan fingerprint density at radius 2 is 1.65 bits per heavy atom. The van der Waals surface area contributed by atoms with Crippen molar-refractivity contribution in [1.29, 1.82) is 0 Å². The molecule has 8 heteroatoms. The molecule has 3 aromatic rings. The molecule has 1 saturated heterocycles. The molecular formula is C43H56N4O4. The van der Waals surface area contributed by atoms with Gasteiger partial charge in [0.05, 0.1) is 23.6 Å². The van der Waals surface area contributed by atoms with E-state index in [2.05, 4.69) is 82.8 Å². The number of carbonyl (C=O) groups is 2. The van der Waals surface area contributed by atoms with Crippen LogP contribution in [-0.4, -0.2) is 58.8 Å². The molecule has 3 fully saturated rings. The zero-order chi connectivity index (χ0) is 36.3. The number of allylic oxidation sites excluding steroid dienone is 1. The Morgan fingerprint density at radius 3 is 2.24 bits per heavy atom. The molecule has 4 unspecified atom stereocenters. The third kappa shape index (κ3) is 8.27. The number of likely N-dealkylation sites (tertiary alicyclic amines) is 1. The summed E-state index contributed by atoms with van der Waals surface area (Å²) >= 11 is 0. The van der Waals surface area contributed by atoms with Gasteiger partial charge in [0.2, 0.25) is 5.91 Å². The number of para-hydroxylation sites is 1. The third-order valence-corrected chi connectivity index (χ3v) is 12.0. The highest BCUT2D eigenvalue weighted by atomic mass is 16.4. The first-order valence-electron chi connectivity index (χ1n) is 18.9. The molecule has 2 saturated carbocycles. The number of benzene rings is 3. The van der Waals surface area contributed by atoms with Crippen LogP contribution in [0.3, 0.4) is 0 Å². The first-order valence-corrected chi connectivity index (χ1v) is 18.9. The SMILES string of the molecule is CCC(C)c1ccccc1NC(Nc1ccc(CC(=O)N2CC[C@H](C3CCC3C(C)(C)O)C2CN(C)c2ccc(C(=O)O)cc2)cc1)=C1CCC1. The molecule has 51 heavy (non-hydrogen) atoms. The van der Waals surface area contributed by atoms with Crippen molar-refractivity contribution >= 4 is 28.9 Å². The van der Waals surface area contributed by atoms with Gasteiger partial charge in [0.15, 0.2) is 0 Å². The molecule has 6 rings (SSSR count). The second kappa shape index (κ2) is 15.5. The number of aromatic carboxylic acids is 1. The Kier molecular flexibility index (Phi) is 11.1. The van der Waals surface area contributed by atoms with Crippen LogP contribution in [0.2, 0.25) is 0 Å². The molecule has 0 bridgehead atoms. The van der Waals surface area contributed by atoms with Gasteiger partial charge in [0.1, 0.15) is 5.82 Å². The smallest absolute Gasteiger partial charge is 0.335 e. The number of anilines is 3. The predicted octanol–water partition coefficient (Wildman–Crippen LogP) is 8.51. The van der Waals surface area contributed by atoms with E-state index in [0.29, 0.717) is 37.3 Å². The normalized spacial score (nSPS) is 22.1. The first-order chi connectivity index (χ1) is 24.4. The minimum Gasteiger partial charge on any atom is -0.478 e. The van der Waals surface area contributed by atoms with Crippen LogP contribution in [0, 0.1) is 17.8 Å². The van der Waals surface area contributed by atoms with Crippen LogP contribution in [0.4, 0.5) is 17.1 Å². The van der Waals surface area contributed by atoms with Crippen LogP contribution in [0.25, 0.3) is 0 Å². The molecule has 272 valence electrons. The predicted molar refractivity (Wildman–Crippen MR) is 206 cm³/mol. The van der Waals surface area contributed by atoms with Crippen LogP contribution in [-0.2, 0) is 11.2 Å². The Labute approximate surface area is 303 Å². The minimum atomic E-state index is -0.946. The lowest BCUT2D eigenvalue weighted by Gasteiger charge is -2.49. The summed E-state index contributed by atoms with van der Waals surface area (Å²) in [5.41, 5.74) is 6.28. The quantitative estimate of drug-likeness (QED) is 0.134. The molecule has 1 amide bonds. The summed E-state index contributed by atoms with van der Waals surface area (Å²) < 4.78 is 0. The standard InChI is InChI=1S/C43H56N4O4/c1-6-28(2)34-12-7-8-13-38(34)45-41(30-10-9-11-30)44-32-18-14-29(15-19-32)26-40(48)47-25-24-36(35-22-23-37(35)43(3,4)51)39(47)27-46(5)33-20-16-31(17-21-33)42(49)50/h7-8,12-21,28,35-37,39,44-45,51H,6,9-11,22-27H2,1-5H3,(H,49,50)/t28?,35?,36-,37?,39?/m1/s1. The highest BCUT2D eigenvalue weighted by Crippen LogP contribution is 2.50. The number of carboxylic acids is 1. The van der Waals surface area contributed by atoms with Gasteiger partial charge in [-0.3, -0.25) is 4.79 Å². The van der Waals surface area contributed by atoms with E-state index in [-0.39, 0.29) is 23.4 Å². The van der Waals surface area contributed by atoms with Gasteiger partial charge in [-0.25, -0.2) is 4.79 Å². The zero-order valence-corrected chi connectivity index (χ0v) is 31.0. The van der Waals surface area contributed by atoms with E-state index in [4.69, 9.17) is 0 Å². The Balaban J connectivity index is 1.15. The number of rotatable bonds is 14. The molecule has 2 aliphatic carbocycles. The number of carboxylic acid groups (broad SMARTS) is 1. The first kappa shape index (κ1) is 36.5. The summed E-state index contributed by atoms with van der Waals surface area (Å²) in [5.74, 6) is 1.59. The molecule has 1 aliphatic heterocycles. The fraction of sp³-hybridized carbons (Fsp3) is 0.488. The Hall–Kier alpha value is -4.30. The van der Waals surface area contributed by atoms with E-state index in [1.807, 2.05) is 33.0 Å². The maximum atomic E-state index is 14.1. The molecular weight excluding hydrogens is 636 g/mol. The van der Waals surface area contributed by atoms with Gasteiger partial charge in [-0.15, -0.1) is 0 Å². The van der Waals surface area contributed by atoms with Crippen LogP contribution >= 0.6 is 0 Å². The average molecular weight is 693 g/mol. The van der Waals surface area contributed by atoms with Gasteiger partial charge in [0.25, 0.3) is 0 Å². The van der Waals surface area contributed by atoms with Crippen LogP contribution in [0.15, 0.2) is 84.2 Å². The van der Waals surface area contributed by atoms with Crippen LogP contribution in [0.5, 0.6) is 0 Å². The van der Waals surface area contributed by atoms with E-state index in [9.17, 15) is 19.8 Å². The van der Waals surface area contributed by atoms with E-state index in [1.54, 1.807) is 12.1 Å². The highest BCUT2D eigenvalue weighted by Gasteiger charge is 2.50. The van der Waals surface area contributed by atoms with Crippen LogP contribution in [0.1, 0.15) is 100 Å². The molecule has 8 nitrogen and oxygen atoms in total. The number of likely N-dealkylation sites (N-methyl/N-ethyl adjacent to an activating group) is 1. The molecule has 5 atom stereocenters. The zero-order valence-electron chi connectivity index (χ0n) is 31.0. The lowest BCUT2D eigenvalue weighted by molar-refractivity contribution is -0.132. The molecule has 3 aromatic carbocycles. The lowest BCUT2D eigenvalue weighted by atomic mass is 9.59. The summed E-state index contributed by atoms with van der Waals surface area (Å²) in [6.07, 6.45) is 7.80. The second-order valence-electron chi connectivity index (χ2n) is 15.7. The molecule has 0 spiro atoms. The number of hydrogen-bond acceptors (Lipinski definition) is 6. The maximum absolute atomic E-state index is 14.1. The minimum absolute atomic E-state index is 0.00113. The van der Waals surface area contributed by atoms with Gasteiger partial charge in [-0.05, 0) is 142 Å². The number of amides is 1. The number of hydrogen-bond donors (Lipinski definition) is 4. The second-order valence-corrected chi connectivity index (χ2v) is 15.7. The summed E-state index contributed by atoms with van der Waals surface area (Å²) in [7, 11) is 2.01. The Morgan fingerprint density at radius 1 is 0.941 bits per heavy atom. The van der Waals surface area contributed by atoms with Gasteiger partial charge < -0.3 is 30.6 Å². The number of aliphatic hydroxyl groups is 1. The third-order valence-electron chi connectivity index (χ3n) is 12.0. The Bertz CT molecular complexity index is 1700. The van der Waals surface area contributed by atoms with Gasteiger partial charge in [-0.1, -0.05) is 44.2 Å². The fourth-order valence-electron chi connectivity index (χ4n) is 8.41. The number of nitrogens with one attached hydrogen (secondary N) is 2. The molecule has 0 radical (unpaired) electrons. The molecule has 4 N–H and O–H groups in total. The van der Waals surface area contributed by atoms with Crippen molar-refractivity contribution < 1.29 is 19.8 Å². The van der Waals surface area contributed by atoms with Crippen molar-refractivity contribution in [2.75, 3.05) is 35.7 Å². The van der Waals surface area contributed by atoms with E-state index >= 15 is 0 Å². The largest absolute Gasteiger partial charge is 0.478 e. The summed E-state index contributed by atoms with van der Waals surface area (Å²) in [4.78, 5) is 29.7. The van der Waals surface area contributed by atoms with Crippen molar-refractivity contribution in [3.8, 4) is 0 Å². The van der Waals surface area contributed by atoms with Gasteiger partial charge in [0, 0.05) is 37.2 Å². The van der Waals surface area contributed by atoms with Gasteiger partial charge >= 0.3 is 5.97 Å². The number of nitrogens with zero attached hydrogens (tertiary/aromatic N) is 2. The number of carbonyl (C=O) groups excluding carboxylic acids is 1. The fourth-order valence-corrected chi connectivity index (χ4v) is 8.41. The summed E-state index contributed by atoms with van der Waals surface area (Å²) in [5, 5.41) is 27.7. The van der Waals surface area contributed by atoms with E-state index in [0.717, 1.165) is 67.0 Å². The van der Waals surface area contributed by atoms with Crippen molar-refractivity contribution in [3.63, 3.8) is 0 Å². The van der Waals surface area contributed by atoms with Crippen molar-refractivity contribution in [2.24, 2.45) is 17.8 Å². The van der Waals surface area contributed by atoms with Crippen molar-refractivity contribution in [3.05, 3.63) is 101 Å². The summed E-state index contributed by atoms with van der Waals surface area (Å²) in [6.45, 7) is 9.68. The molecule has 0 aromatic heterocycles. The van der Waals surface area contributed by atoms with Gasteiger partial charge in [-0.2, -0.15) is 0 Å². The van der Waals surface area contributed by atoms with Crippen molar-refractivity contribution in [2.45, 2.75) is 96.6 Å². The van der Waals surface area contributed by atoms with E-state index < -0.39 is 11.6 Å². The lowest BCUT2D eigenvalue weighted by Crippen LogP contribution is -2.52. The average Bonchev–Trinajstić information content (AvgIpc) is 3.45. The highest BCUT2D eigenvalue weighted by molar-refractivity contribution is 5.88.